The number of ketones is 2. The van der Waals surface area contributed by atoms with Crippen molar-refractivity contribution in [1.82, 2.24) is 0 Å². The van der Waals surface area contributed by atoms with Gasteiger partial charge in [0.15, 0.2) is 0 Å². The first kappa shape index (κ1) is 20.5. The number of rotatable bonds is 3. The average Bonchev–Trinajstić information content (AvgIpc) is 3.44. The fraction of sp³-hybridized carbons (Fsp3) is 0.185. The second kappa shape index (κ2) is 7.20. The maximum Gasteiger partial charge on any atom is 0.241 e. The molecule has 2 saturated heterocycles. The molecule has 7 nitrogen and oxygen atoms in total. The lowest BCUT2D eigenvalue weighted by Crippen LogP contribution is -2.51. The van der Waals surface area contributed by atoms with Crippen LogP contribution < -0.4 is 9.64 Å². The molecule has 2 aliphatic heterocycles. The Bertz CT molecular complexity index is 1350. The van der Waals surface area contributed by atoms with Crippen molar-refractivity contribution in [2.45, 2.75) is 11.7 Å². The van der Waals surface area contributed by atoms with Crippen LogP contribution in [0.1, 0.15) is 32.4 Å². The van der Waals surface area contributed by atoms with Crippen molar-refractivity contribution in [1.29, 1.82) is 0 Å². The van der Waals surface area contributed by atoms with Gasteiger partial charge in [0.25, 0.3) is 0 Å². The number of fused-ring (bicyclic) bond motifs is 3. The van der Waals surface area contributed by atoms with E-state index in [0.29, 0.717) is 11.3 Å². The summed E-state index contributed by atoms with van der Waals surface area (Å²) < 4.78 is 11.6. The highest BCUT2D eigenvalue weighted by Crippen LogP contribution is 2.58. The number of Topliss-reactive ketones (excluding diaryl/α,β-unsaturated/α-hetero) is 2. The van der Waals surface area contributed by atoms with E-state index in [4.69, 9.17) is 9.47 Å². The van der Waals surface area contributed by atoms with Gasteiger partial charge in [-0.05, 0) is 17.7 Å². The lowest BCUT2D eigenvalue weighted by molar-refractivity contribution is -0.127. The van der Waals surface area contributed by atoms with Gasteiger partial charge < -0.3 is 9.47 Å². The van der Waals surface area contributed by atoms with E-state index in [-0.39, 0.29) is 16.8 Å². The Morgan fingerprint density at radius 3 is 2.00 bits per heavy atom. The highest BCUT2D eigenvalue weighted by molar-refractivity contribution is 6.37. The molecule has 6 rings (SSSR count). The fourth-order valence-corrected chi connectivity index (χ4v) is 5.51. The minimum Gasteiger partial charge on any atom is -0.495 e. The molecule has 3 aromatic carbocycles. The van der Waals surface area contributed by atoms with Crippen molar-refractivity contribution in [2.75, 3.05) is 12.0 Å². The molecule has 1 spiro atoms. The molecule has 2 fully saturated rings. The molecule has 0 N–H and O–H groups in total. The van der Waals surface area contributed by atoms with Crippen LogP contribution in [-0.4, -0.2) is 36.1 Å². The number of amides is 2. The molecule has 0 aromatic heterocycles. The summed E-state index contributed by atoms with van der Waals surface area (Å²) in [5, 5.41) is 0. The van der Waals surface area contributed by atoms with Gasteiger partial charge in [-0.1, -0.05) is 66.7 Å². The third-order valence-electron chi connectivity index (χ3n) is 6.97. The molecule has 34 heavy (non-hydrogen) atoms. The van der Waals surface area contributed by atoms with Crippen LogP contribution in [0.5, 0.6) is 5.75 Å². The van der Waals surface area contributed by atoms with Crippen molar-refractivity contribution >= 4 is 29.1 Å². The quantitative estimate of drug-likeness (QED) is 0.446. The molecule has 0 bridgehead atoms. The predicted molar refractivity (Wildman–Crippen MR) is 121 cm³/mol. The minimum absolute atomic E-state index is 0.205. The summed E-state index contributed by atoms with van der Waals surface area (Å²) in [6, 6.07) is 22.0. The lowest BCUT2D eigenvalue weighted by atomic mass is 9.77. The Hall–Kier alpha value is -4.10. The second-order valence-electron chi connectivity index (χ2n) is 8.58. The van der Waals surface area contributed by atoms with Crippen LogP contribution in [0.3, 0.4) is 0 Å². The molecule has 2 amide bonds. The van der Waals surface area contributed by atoms with Crippen LogP contribution in [0.15, 0.2) is 78.9 Å². The van der Waals surface area contributed by atoms with Crippen molar-refractivity contribution in [3.63, 3.8) is 0 Å². The molecule has 3 atom stereocenters. The molecule has 168 valence electrons. The number of benzene rings is 3. The van der Waals surface area contributed by atoms with E-state index >= 15 is 0 Å². The zero-order chi connectivity index (χ0) is 23.6. The Kier molecular flexibility index (Phi) is 4.34. The number of nitrogens with zero attached hydrogens (tertiary/aromatic N) is 1. The minimum atomic E-state index is -2.08. The fourth-order valence-electron chi connectivity index (χ4n) is 5.51. The number of carbonyl (C=O) groups excluding carboxylic acids is 4. The first-order valence-corrected chi connectivity index (χ1v) is 10.9. The van der Waals surface area contributed by atoms with Crippen molar-refractivity contribution in [2.24, 2.45) is 11.8 Å². The average molecular weight is 453 g/mol. The summed E-state index contributed by atoms with van der Waals surface area (Å²) in [5.74, 6) is -4.32. The Labute approximate surface area is 194 Å². The third kappa shape index (κ3) is 2.44. The molecule has 0 unspecified atom stereocenters. The molecule has 3 aliphatic rings. The van der Waals surface area contributed by atoms with Crippen molar-refractivity contribution < 1.29 is 28.7 Å². The summed E-state index contributed by atoms with van der Waals surface area (Å²) in [6.45, 7) is 0. The number of ether oxygens (including phenoxy) is 2. The van der Waals surface area contributed by atoms with Gasteiger partial charge in [-0.3, -0.25) is 19.2 Å². The van der Waals surface area contributed by atoms with Crippen LogP contribution in [0.4, 0.5) is 5.69 Å². The van der Waals surface area contributed by atoms with E-state index in [0.717, 1.165) is 4.90 Å². The number of anilines is 1. The largest absolute Gasteiger partial charge is 0.495 e. The highest BCUT2D eigenvalue weighted by Gasteiger charge is 2.74. The van der Waals surface area contributed by atoms with E-state index in [1.54, 1.807) is 72.8 Å². The summed E-state index contributed by atoms with van der Waals surface area (Å²) in [4.78, 5) is 56.2. The summed E-state index contributed by atoms with van der Waals surface area (Å²) in [6.07, 6.45) is -0.940. The summed E-state index contributed by atoms with van der Waals surface area (Å²) in [5.41, 5.74) is -0.786. The Balaban J connectivity index is 1.56. The van der Waals surface area contributed by atoms with Gasteiger partial charge in [0.1, 0.15) is 5.75 Å². The highest BCUT2D eigenvalue weighted by atomic mass is 16.5. The van der Waals surface area contributed by atoms with Gasteiger partial charge in [0.2, 0.25) is 29.0 Å². The van der Waals surface area contributed by atoms with E-state index in [1.165, 1.54) is 7.11 Å². The molecule has 0 radical (unpaired) electrons. The molecule has 3 aromatic rings. The van der Waals surface area contributed by atoms with Gasteiger partial charge in [0.05, 0.1) is 30.7 Å². The maximum atomic E-state index is 13.9. The molecule has 2 heterocycles. The maximum absolute atomic E-state index is 13.9. The number of imide groups is 1. The van der Waals surface area contributed by atoms with Gasteiger partial charge in [0, 0.05) is 11.1 Å². The normalized spacial score (nSPS) is 24.6. The third-order valence-corrected chi connectivity index (χ3v) is 6.97. The van der Waals surface area contributed by atoms with Crippen LogP contribution in [-0.2, 0) is 14.3 Å². The summed E-state index contributed by atoms with van der Waals surface area (Å²) >= 11 is 0. The number of carbonyl (C=O) groups is 4. The van der Waals surface area contributed by atoms with Gasteiger partial charge in [-0.2, -0.15) is 0 Å². The van der Waals surface area contributed by atoms with Crippen LogP contribution >= 0.6 is 0 Å². The predicted octanol–water partition coefficient (Wildman–Crippen LogP) is 3.39. The van der Waals surface area contributed by atoms with Gasteiger partial charge in [-0.15, -0.1) is 0 Å². The van der Waals surface area contributed by atoms with Crippen LogP contribution in [0.2, 0.25) is 0 Å². The molecule has 0 saturated carbocycles. The number of hydrogen-bond donors (Lipinski definition) is 0. The molecular weight excluding hydrogens is 434 g/mol. The second-order valence-corrected chi connectivity index (χ2v) is 8.58. The van der Waals surface area contributed by atoms with Crippen molar-refractivity contribution in [3.8, 4) is 5.75 Å². The standard InChI is InChI=1S/C27H19NO6/c1-33-19-14-8-7-13-18(19)28-25(31)20-21(26(28)32)27(34-22(20)15-9-3-2-4-10-15)23(29)16-11-5-6-12-17(16)24(27)30/h2-14,20-22H,1H3/t20-,21+,22+/m0/s1. The Morgan fingerprint density at radius 1 is 0.765 bits per heavy atom. The smallest absolute Gasteiger partial charge is 0.241 e. The van der Waals surface area contributed by atoms with E-state index < -0.39 is 46.9 Å². The van der Waals surface area contributed by atoms with E-state index in [2.05, 4.69) is 0 Å². The summed E-state index contributed by atoms with van der Waals surface area (Å²) in [7, 11) is 1.45. The zero-order valence-corrected chi connectivity index (χ0v) is 18.1. The topological polar surface area (TPSA) is 90.0 Å². The number of hydrogen-bond acceptors (Lipinski definition) is 6. The van der Waals surface area contributed by atoms with E-state index in [1.807, 2.05) is 6.07 Å². The van der Waals surface area contributed by atoms with E-state index in [9.17, 15) is 19.2 Å². The lowest BCUT2D eigenvalue weighted by Gasteiger charge is -2.27. The van der Waals surface area contributed by atoms with Gasteiger partial charge in [-0.25, -0.2) is 4.90 Å². The zero-order valence-electron chi connectivity index (χ0n) is 18.1. The first-order valence-electron chi connectivity index (χ1n) is 10.9. The Morgan fingerprint density at radius 2 is 1.35 bits per heavy atom. The molecule has 1 aliphatic carbocycles. The number of para-hydroxylation sites is 2. The first-order chi connectivity index (χ1) is 16.5. The van der Waals surface area contributed by atoms with Gasteiger partial charge >= 0.3 is 0 Å². The molecule has 7 heteroatoms. The SMILES string of the molecule is COc1ccccc1N1C(=O)[C@@H]2[C@@H](c3ccccc3)OC3(C(=O)c4ccccc4C3=O)[C@H]2C1=O. The van der Waals surface area contributed by atoms with Crippen molar-refractivity contribution in [3.05, 3.63) is 95.6 Å². The van der Waals surface area contributed by atoms with Crippen LogP contribution in [0.25, 0.3) is 0 Å². The number of methoxy groups -OCH3 is 1. The monoisotopic (exact) mass is 453 g/mol. The van der Waals surface area contributed by atoms with Crippen LogP contribution in [0, 0.1) is 11.8 Å². The molecular formula is C27H19NO6.